The number of rotatable bonds is 9. The smallest absolute Gasteiger partial charge is 0.416 e. The highest BCUT2D eigenvalue weighted by atomic mass is 16.6. The number of hydrogen-bond donors (Lipinski definition) is 1. The van der Waals surface area contributed by atoms with Crippen LogP contribution in [0.2, 0.25) is 0 Å². The van der Waals surface area contributed by atoms with Gasteiger partial charge in [-0.2, -0.15) is 4.98 Å². The van der Waals surface area contributed by atoms with Crippen LogP contribution in [0.4, 0.5) is 16.6 Å². The normalized spacial score (nSPS) is 20.2. The molecule has 1 N–H and O–H groups in total. The second-order valence-corrected chi connectivity index (χ2v) is 11.7. The topological polar surface area (TPSA) is 90.9 Å². The molecule has 1 saturated heterocycles. The Morgan fingerprint density at radius 2 is 1.79 bits per heavy atom. The Morgan fingerprint density at radius 1 is 1.13 bits per heavy atom. The number of benzene rings is 1. The van der Waals surface area contributed by atoms with Gasteiger partial charge in [0.05, 0.1) is 11.6 Å². The first-order chi connectivity index (χ1) is 18.7. The van der Waals surface area contributed by atoms with E-state index < -0.39 is 0 Å². The van der Waals surface area contributed by atoms with Crippen molar-refractivity contribution in [1.82, 2.24) is 19.8 Å². The maximum atomic E-state index is 12.3. The van der Waals surface area contributed by atoms with Crippen LogP contribution in [0.5, 0.6) is 0 Å². The summed E-state index contributed by atoms with van der Waals surface area (Å²) in [7, 11) is 0. The van der Waals surface area contributed by atoms with Gasteiger partial charge in [-0.25, -0.2) is 9.78 Å². The highest BCUT2D eigenvalue weighted by molar-refractivity contribution is 5.89. The predicted molar refractivity (Wildman–Crippen MR) is 151 cm³/mol. The summed E-state index contributed by atoms with van der Waals surface area (Å²) in [5.74, 6) is 1.11. The van der Waals surface area contributed by atoms with Gasteiger partial charge in [-0.1, -0.05) is 37.8 Å². The highest BCUT2D eigenvalue weighted by Crippen LogP contribution is 2.52. The van der Waals surface area contributed by atoms with Gasteiger partial charge in [0.1, 0.15) is 12.4 Å². The number of hydrogen-bond acceptors (Lipinski definition) is 7. The molecule has 2 aromatic rings. The number of carbonyl (C=O) groups excluding carboxylic acids is 2. The number of aromatic nitrogens is 2. The number of cyclic esters (lactones) is 1. The minimum atomic E-state index is -0.380. The van der Waals surface area contributed by atoms with Crippen molar-refractivity contribution >= 4 is 23.8 Å². The van der Waals surface area contributed by atoms with Crippen molar-refractivity contribution in [3.05, 3.63) is 59.8 Å². The summed E-state index contributed by atoms with van der Waals surface area (Å²) in [6.07, 6.45) is 6.46. The lowest BCUT2D eigenvalue weighted by Crippen LogP contribution is -2.49. The van der Waals surface area contributed by atoms with E-state index in [0.717, 1.165) is 43.7 Å². The van der Waals surface area contributed by atoms with Gasteiger partial charge in [0, 0.05) is 44.5 Å². The summed E-state index contributed by atoms with van der Waals surface area (Å²) in [5, 5.41) is 3.41. The molecule has 1 aliphatic carbocycles. The number of amides is 2. The third-order valence-electron chi connectivity index (χ3n) is 8.33. The summed E-state index contributed by atoms with van der Waals surface area (Å²) in [6.45, 7) is 15.4. The number of ether oxygens (including phenoxy) is 1. The van der Waals surface area contributed by atoms with Gasteiger partial charge in [0.2, 0.25) is 11.9 Å². The van der Waals surface area contributed by atoms with E-state index in [2.05, 4.69) is 64.9 Å². The molecular weight excluding hydrogens is 492 g/mol. The van der Waals surface area contributed by atoms with Crippen molar-refractivity contribution in [3.8, 4) is 0 Å². The fourth-order valence-electron chi connectivity index (χ4n) is 5.54. The lowest BCUT2D eigenvalue weighted by Gasteiger charge is -2.40. The summed E-state index contributed by atoms with van der Waals surface area (Å²) >= 11 is 0. The Hall–Kier alpha value is -3.46. The molecule has 0 radical (unpaired) electrons. The Bertz CT molecular complexity index is 1220. The van der Waals surface area contributed by atoms with Crippen molar-refractivity contribution in [1.29, 1.82) is 0 Å². The molecule has 5 rings (SSSR count). The summed E-state index contributed by atoms with van der Waals surface area (Å²) < 4.78 is 5.26. The third kappa shape index (κ3) is 5.93. The maximum Gasteiger partial charge on any atom is 0.416 e. The number of carbonyl (C=O) groups is 2. The molecule has 1 aromatic heterocycles. The van der Waals surface area contributed by atoms with Crippen LogP contribution in [0.1, 0.15) is 75.7 Å². The summed E-state index contributed by atoms with van der Waals surface area (Å²) in [4.78, 5) is 39.5. The predicted octanol–water partition coefficient (Wildman–Crippen LogP) is 5.08. The number of fused-ring (bicyclic) bond motifs is 1. The number of nitrogens with one attached hydrogen (secondary N) is 1. The monoisotopic (exact) mass is 532 g/mol. The van der Waals surface area contributed by atoms with E-state index in [1.807, 2.05) is 18.7 Å². The average molecular weight is 533 g/mol. The standard InChI is InChI=1S/C30H40N6O3/c1-6-26(37)35-15-13-34(14-16-35)25(17-30(5)11-12-30)23-9-7-22(8-10-23)21(4)32-28-31-18-24-19-39-29(38)36(20(2)3)27(24)33-28/h6-10,18,20-21,25H,1,11-17,19H2,2-5H3,(H,31,32,33)/t21-,25?/m0/s1. The van der Waals surface area contributed by atoms with Crippen LogP contribution in [0.25, 0.3) is 0 Å². The van der Waals surface area contributed by atoms with Crippen LogP contribution < -0.4 is 10.2 Å². The van der Waals surface area contributed by atoms with Crippen molar-refractivity contribution in [3.63, 3.8) is 0 Å². The van der Waals surface area contributed by atoms with E-state index in [9.17, 15) is 9.59 Å². The van der Waals surface area contributed by atoms with Crippen molar-refractivity contribution in [2.24, 2.45) is 5.41 Å². The van der Waals surface area contributed by atoms with Crippen LogP contribution in [0.3, 0.4) is 0 Å². The number of nitrogens with zero attached hydrogens (tertiary/aromatic N) is 5. The largest absolute Gasteiger partial charge is 0.444 e. The molecule has 2 aliphatic heterocycles. The lowest BCUT2D eigenvalue weighted by atomic mass is 9.91. The Labute approximate surface area is 231 Å². The quantitative estimate of drug-likeness (QED) is 0.451. The Kier molecular flexibility index (Phi) is 7.62. The molecule has 2 fully saturated rings. The van der Waals surface area contributed by atoms with E-state index >= 15 is 0 Å². The third-order valence-corrected chi connectivity index (χ3v) is 8.33. The van der Waals surface area contributed by atoms with Crippen LogP contribution in [0.15, 0.2) is 43.1 Å². The number of anilines is 2. The molecule has 39 heavy (non-hydrogen) atoms. The second kappa shape index (κ2) is 11.0. The molecule has 3 heterocycles. The molecule has 208 valence electrons. The fraction of sp³-hybridized carbons (Fsp3) is 0.533. The van der Waals surface area contributed by atoms with E-state index in [1.54, 1.807) is 11.1 Å². The summed E-state index contributed by atoms with van der Waals surface area (Å²) in [5.41, 5.74) is 3.67. The van der Waals surface area contributed by atoms with E-state index in [1.165, 1.54) is 24.5 Å². The SMILES string of the molecule is C=CC(=O)N1CCN(C(CC2(C)CC2)c2ccc([C@H](C)Nc3ncc4c(n3)N(C(C)C)C(=O)OC4)cc2)CC1. The van der Waals surface area contributed by atoms with Gasteiger partial charge in [-0.3, -0.25) is 14.6 Å². The lowest BCUT2D eigenvalue weighted by molar-refractivity contribution is -0.128. The Balaban J connectivity index is 1.29. The average Bonchev–Trinajstić information content (AvgIpc) is 3.67. The molecule has 3 aliphatic rings. The first-order valence-electron chi connectivity index (χ1n) is 14.0. The molecule has 1 saturated carbocycles. The fourth-order valence-corrected chi connectivity index (χ4v) is 5.54. The van der Waals surface area contributed by atoms with Crippen molar-refractivity contribution < 1.29 is 14.3 Å². The number of piperazine rings is 1. The van der Waals surface area contributed by atoms with Gasteiger partial charge >= 0.3 is 6.09 Å². The molecule has 2 amide bonds. The van der Waals surface area contributed by atoms with Gasteiger partial charge in [0.15, 0.2) is 0 Å². The van der Waals surface area contributed by atoms with Gasteiger partial charge in [0.25, 0.3) is 0 Å². The van der Waals surface area contributed by atoms with Crippen LogP contribution in [-0.2, 0) is 16.1 Å². The van der Waals surface area contributed by atoms with Gasteiger partial charge in [-0.05, 0) is 62.7 Å². The van der Waals surface area contributed by atoms with Gasteiger partial charge in [-0.15, -0.1) is 0 Å². The van der Waals surface area contributed by atoms with E-state index in [-0.39, 0.29) is 30.7 Å². The Morgan fingerprint density at radius 3 is 2.41 bits per heavy atom. The minimum Gasteiger partial charge on any atom is -0.444 e. The molecule has 0 bridgehead atoms. The highest BCUT2D eigenvalue weighted by Gasteiger charge is 2.41. The second-order valence-electron chi connectivity index (χ2n) is 11.7. The van der Waals surface area contributed by atoms with E-state index in [4.69, 9.17) is 4.74 Å². The first kappa shape index (κ1) is 27.1. The molecule has 1 unspecified atom stereocenters. The van der Waals surface area contributed by atoms with Crippen LogP contribution in [0, 0.1) is 5.41 Å². The molecule has 9 heteroatoms. The summed E-state index contributed by atoms with van der Waals surface area (Å²) in [6, 6.07) is 9.10. The zero-order valence-electron chi connectivity index (χ0n) is 23.5. The molecule has 9 nitrogen and oxygen atoms in total. The van der Waals surface area contributed by atoms with Crippen LogP contribution >= 0.6 is 0 Å². The zero-order valence-corrected chi connectivity index (χ0v) is 23.5. The molecule has 1 aromatic carbocycles. The maximum absolute atomic E-state index is 12.3. The van der Waals surface area contributed by atoms with Crippen LogP contribution in [-0.4, -0.2) is 64.0 Å². The molecule has 0 spiro atoms. The molecular formula is C30H40N6O3. The minimum absolute atomic E-state index is 0.0194. The zero-order chi connectivity index (χ0) is 27.7. The first-order valence-corrected chi connectivity index (χ1v) is 14.0. The van der Waals surface area contributed by atoms with Crippen molar-refractivity contribution in [2.45, 2.75) is 71.7 Å². The molecule has 2 atom stereocenters. The van der Waals surface area contributed by atoms with Gasteiger partial charge < -0.3 is 15.0 Å². The van der Waals surface area contributed by atoms with E-state index in [0.29, 0.717) is 23.2 Å². The van der Waals surface area contributed by atoms with Crippen molar-refractivity contribution in [2.75, 3.05) is 36.4 Å².